The summed E-state index contributed by atoms with van der Waals surface area (Å²) >= 11 is 0. The lowest BCUT2D eigenvalue weighted by Gasteiger charge is -2.36. The summed E-state index contributed by atoms with van der Waals surface area (Å²) in [4.78, 5) is 29.3. The maximum Gasteiger partial charge on any atom is 0.324 e. The zero-order chi connectivity index (χ0) is 22.7. The third kappa shape index (κ3) is 4.46. The molecule has 3 aromatic rings. The second-order valence-corrected chi connectivity index (χ2v) is 7.77. The Morgan fingerprint density at radius 1 is 0.969 bits per heavy atom. The van der Waals surface area contributed by atoms with Crippen LogP contribution in [0.3, 0.4) is 0 Å². The third-order valence-corrected chi connectivity index (χ3v) is 5.41. The van der Waals surface area contributed by atoms with Crippen LogP contribution in [0.15, 0.2) is 66.7 Å². The first kappa shape index (κ1) is 21.5. The topological polar surface area (TPSA) is 52.6 Å². The SMILES string of the molecule is Cc1ccc(N2CCCN(Cc3ccccc3)C2=O)c(NC(=O)c2c(F)cccc2F)c1. The minimum absolute atomic E-state index is 0.184. The quantitative estimate of drug-likeness (QED) is 0.587. The van der Waals surface area contributed by atoms with Crippen LogP contribution in [0, 0.1) is 18.6 Å². The number of nitrogens with zero attached hydrogens (tertiary/aromatic N) is 2. The fourth-order valence-electron chi connectivity index (χ4n) is 3.84. The van der Waals surface area contributed by atoms with Crippen LogP contribution < -0.4 is 10.2 Å². The molecule has 0 bridgehead atoms. The first-order valence-corrected chi connectivity index (χ1v) is 10.4. The Balaban J connectivity index is 1.61. The lowest BCUT2D eigenvalue weighted by atomic mass is 10.1. The van der Waals surface area contributed by atoms with Crippen LogP contribution in [0.1, 0.15) is 27.9 Å². The largest absolute Gasteiger partial charge is 0.324 e. The van der Waals surface area contributed by atoms with E-state index < -0.39 is 23.1 Å². The molecular formula is C25H23F2N3O2. The van der Waals surface area contributed by atoms with Crippen molar-refractivity contribution in [2.75, 3.05) is 23.3 Å². The van der Waals surface area contributed by atoms with Crippen molar-refractivity contribution in [3.8, 4) is 0 Å². The van der Waals surface area contributed by atoms with Gasteiger partial charge in [-0.2, -0.15) is 0 Å². The number of hydrogen-bond acceptors (Lipinski definition) is 2. The van der Waals surface area contributed by atoms with Crippen LogP contribution in [0.25, 0.3) is 0 Å². The monoisotopic (exact) mass is 435 g/mol. The fourth-order valence-corrected chi connectivity index (χ4v) is 3.84. The van der Waals surface area contributed by atoms with Crippen molar-refractivity contribution in [1.82, 2.24) is 4.90 Å². The number of halogens is 2. The van der Waals surface area contributed by atoms with Gasteiger partial charge >= 0.3 is 6.03 Å². The normalized spacial score (nSPS) is 13.9. The molecule has 0 atom stereocenters. The molecule has 1 N–H and O–H groups in total. The summed E-state index contributed by atoms with van der Waals surface area (Å²) in [6, 6.07) is 18.1. The highest BCUT2D eigenvalue weighted by Gasteiger charge is 2.29. The van der Waals surface area contributed by atoms with Crippen molar-refractivity contribution in [2.45, 2.75) is 19.9 Å². The number of amides is 3. The van der Waals surface area contributed by atoms with Crippen molar-refractivity contribution >= 4 is 23.3 Å². The lowest BCUT2D eigenvalue weighted by molar-refractivity contribution is 0.101. The molecule has 1 aliphatic heterocycles. The van der Waals surface area contributed by atoms with Crippen molar-refractivity contribution in [2.24, 2.45) is 0 Å². The highest BCUT2D eigenvalue weighted by atomic mass is 19.1. The average Bonchev–Trinajstić information content (AvgIpc) is 2.76. The van der Waals surface area contributed by atoms with E-state index >= 15 is 0 Å². The average molecular weight is 435 g/mol. The number of nitrogens with one attached hydrogen (secondary N) is 1. The zero-order valence-electron chi connectivity index (χ0n) is 17.6. The molecule has 164 valence electrons. The van der Waals surface area contributed by atoms with Crippen molar-refractivity contribution in [3.05, 3.63) is 95.1 Å². The van der Waals surface area contributed by atoms with Gasteiger partial charge in [0.15, 0.2) is 0 Å². The Hall–Kier alpha value is -3.74. The predicted octanol–water partition coefficient (Wildman–Crippen LogP) is 5.36. The van der Waals surface area contributed by atoms with Gasteiger partial charge in [0, 0.05) is 19.6 Å². The first-order valence-electron chi connectivity index (χ1n) is 10.4. The number of carbonyl (C=O) groups is 2. The molecule has 0 aromatic heterocycles. The minimum atomic E-state index is -0.945. The highest BCUT2D eigenvalue weighted by molar-refractivity contribution is 6.08. The van der Waals surface area contributed by atoms with Crippen LogP contribution in [0.2, 0.25) is 0 Å². The summed E-state index contributed by atoms with van der Waals surface area (Å²) in [5, 5.41) is 2.60. The number of aryl methyl sites for hydroxylation is 1. The van der Waals surface area contributed by atoms with Crippen LogP contribution in [-0.4, -0.2) is 29.9 Å². The first-order chi connectivity index (χ1) is 15.4. The van der Waals surface area contributed by atoms with Crippen molar-refractivity contribution < 1.29 is 18.4 Å². The Kier molecular flexibility index (Phi) is 6.16. The van der Waals surface area contributed by atoms with E-state index in [0.717, 1.165) is 29.7 Å². The number of rotatable bonds is 5. The minimum Gasteiger partial charge on any atom is -0.320 e. The Labute approximate surface area is 185 Å². The molecule has 7 heteroatoms. The fraction of sp³-hybridized carbons (Fsp3) is 0.200. The second kappa shape index (κ2) is 9.18. The van der Waals surface area contributed by atoms with Gasteiger partial charge < -0.3 is 10.2 Å². The van der Waals surface area contributed by atoms with Crippen molar-refractivity contribution in [3.63, 3.8) is 0 Å². The molecule has 0 unspecified atom stereocenters. The Morgan fingerprint density at radius 2 is 1.69 bits per heavy atom. The van der Waals surface area contributed by atoms with E-state index in [4.69, 9.17) is 0 Å². The molecule has 1 fully saturated rings. The van der Waals surface area contributed by atoms with Crippen molar-refractivity contribution in [1.29, 1.82) is 0 Å². The molecule has 0 spiro atoms. The molecule has 32 heavy (non-hydrogen) atoms. The molecular weight excluding hydrogens is 412 g/mol. The summed E-state index contributed by atoms with van der Waals surface area (Å²) in [6.07, 6.45) is 0.752. The highest BCUT2D eigenvalue weighted by Crippen LogP contribution is 2.31. The number of hydrogen-bond donors (Lipinski definition) is 1. The zero-order valence-corrected chi connectivity index (χ0v) is 17.6. The van der Waals surface area contributed by atoms with E-state index in [1.165, 1.54) is 6.07 Å². The van der Waals surface area contributed by atoms with E-state index in [1.54, 1.807) is 21.9 Å². The van der Waals surface area contributed by atoms with Gasteiger partial charge in [-0.3, -0.25) is 9.69 Å². The van der Waals surface area contributed by atoms with Gasteiger partial charge in [0.05, 0.1) is 11.4 Å². The molecule has 3 aromatic carbocycles. The van der Waals surface area contributed by atoms with E-state index in [9.17, 15) is 18.4 Å². The van der Waals surface area contributed by atoms with Crippen LogP contribution >= 0.6 is 0 Å². The number of urea groups is 1. The number of anilines is 2. The summed E-state index contributed by atoms with van der Waals surface area (Å²) in [5.74, 6) is -2.79. The molecule has 1 heterocycles. The molecule has 0 radical (unpaired) electrons. The molecule has 4 rings (SSSR count). The summed E-state index contributed by atoms with van der Waals surface area (Å²) in [5.41, 5.74) is 2.02. The van der Waals surface area contributed by atoms with Gasteiger partial charge in [0.2, 0.25) is 0 Å². The van der Waals surface area contributed by atoms with E-state index in [1.807, 2.05) is 43.3 Å². The predicted molar refractivity (Wildman–Crippen MR) is 120 cm³/mol. The molecule has 1 saturated heterocycles. The van der Waals surface area contributed by atoms with Gasteiger partial charge in [0.1, 0.15) is 17.2 Å². The van der Waals surface area contributed by atoms with Gasteiger partial charge in [0.25, 0.3) is 5.91 Å². The van der Waals surface area contributed by atoms with E-state index in [-0.39, 0.29) is 6.03 Å². The van der Waals surface area contributed by atoms with Crippen LogP contribution in [-0.2, 0) is 6.54 Å². The number of benzene rings is 3. The smallest absolute Gasteiger partial charge is 0.320 e. The van der Waals surface area contributed by atoms with Gasteiger partial charge in [-0.1, -0.05) is 42.5 Å². The Bertz CT molecular complexity index is 1130. The van der Waals surface area contributed by atoms with Crippen LogP contribution in [0.4, 0.5) is 25.0 Å². The molecule has 5 nitrogen and oxygen atoms in total. The van der Waals surface area contributed by atoms with E-state index in [2.05, 4.69) is 5.32 Å². The molecule has 0 saturated carbocycles. The Morgan fingerprint density at radius 3 is 2.41 bits per heavy atom. The number of carbonyl (C=O) groups excluding carboxylic acids is 2. The maximum absolute atomic E-state index is 14.1. The molecule has 3 amide bonds. The standard InChI is InChI=1S/C25H23F2N3O2/c1-17-11-12-22(21(15-17)28-24(31)23-19(26)9-5-10-20(23)27)30-14-6-13-29(25(30)32)16-18-7-3-2-4-8-18/h2-5,7-12,15H,6,13-14,16H2,1H3,(H,28,31). The van der Waals surface area contributed by atoms with Gasteiger partial charge in [-0.05, 0) is 48.7 Å². The summed E-state index contributed by atoms with van der Waals surface area (Å²) in [6.45, 7) is 3.41. The maximum atomic E-state index is 14.1. The third-order valence-electron chi connectivity index (χ3n) is 5.41. The molecule has 0 aliphatic carbocycles. The second-order valence-electron chi connectivity index (χ2n) is 7.77. The van der Waals surface area contributed by atoms with Gasteiger partial charge in [-0.25, -0.2) is 13.6 Å². The van der Waals surface area contributed by atoms with Crippen LogP contribution in [0.5, 0.6) is 0 Å². The lowest BCUT2D eigenvalue weighted by Crippen LogP contribution is -2.49. The van der Waals surface area contributed by atoms with Gasteiger partial charge in [-0.15, -0.1) is 0 Å². The summed E-state index contributed by atoms with van der Waals surface area (Å²) < 4.78 is 28.2. The molecule has 1 aliphatic rings. The van der Waals surface area contributed by atoms with E-state index in [0.29, 0.717) is 31.0 Å². The summed E-state index contributed by atoms with van der Waals surface area (Å²) in [7, 11) is 0.